The molecule has 1 saturated heterocycles. The first-order valence-electron chi connectivity index (χ1n) is 9.13. The van der Waals surface area contributed by atoms with Crippen LogP contribution in [0, 0.1) is 0 Å². The minimum atomic E-state index is -3.51. The largest absolute Gasteiger partial charge is 0.356 e. The molecular formula is C20H21ClN3O3S+. The average molecular weight is 419 g/mol. The van der Waals surface area contributed by atoms with Crippen molar-refractivity contribution in [2.75, 3.05) is 26.2 Å². The second kappa shape index (κ2) is 8.05. The molecule has 146 valence electrons. The maximum Gasteiger partial charge on any atom is 0.243 e. The molecule has 0 amide bonds. The van der Waals surface area contributed by atoms with Crippen molar-refractivity contribution in [2.24, 2.45) is 0 Å². The van der Waals surface area contributed by atoms with E-state index in [-0.39, 0.29) is 4.90 Å². The van der Waals surface area contributed by atoms with Crippen LogP contribution in [0.1, 0.15) is 5.69 Å². The fraction of sp³-hybridized carbons (Fsp3) is 0.250. The smallest absolute Gasteiger partial charge is 0.243 e. The summed E-state index contributed by atoms with van der Waals surface area (Å²) < 4.78 is 32.6. The van der Waals surface area contributed by atoms with Gasteiger partial charge in [-0.3, -0.25) is 0 Å². The molecule has 1 aromatic heterocycles. The summed E-state index contributed by atoms with van der Waals surface area (Å²) in [5.41, 5.74) is 1.87. The molecule has 2 heterocycles. The first-order chi connectivity index (χ1) is 13.5. The van der Waals surface area contributed by atoms with Crippen LogP contribution in [0.2, 0.25) is 5.02 Å². The van der Waals surface area contributed by atoms with Gasteiger partial charge in [0, 0.05) is 16.7 Å². The summed E-state index contributed by atoms with van der Waals surface area (Å²) in [5, 5.41) is 4.59. The third kappa shape index (κ3) is 4.12. The number of rotatable bonds is 5. The predicted molar refractivity (Wildman–Crippen MR) is 107 cm³/mol. The Bertz CT molecular complexity index is 1050. The van der Waals surface area contributed by atoms with Crippen molar-refractivity contribution < 1.29 is 17.8 Å². The maximum atomic E-state index is 12.8. The van der Waals surface area contributed by atoms with Crippen LogP contribution < -0.4 is 4.90 Å². The lowest BCUT2D eigenvalue weighted by Crippen LogP contribution is -3.13. The lowest BCUT2D eigenvalue weighted by Gasteiger charge is -2.31. The molecule has 8 heteroatoms. The zero-order chi connectivity index (χ0) is 19.6. The molecule has 0 atom stereocenters. The number of benzene rings is 2. The Morgan fingerprint density at radius 2 is 1.79 bits per heavy atom. The number of nitrogens with zero attached hydrogens (tertiary/aromatic N) is 2. The summed E-state index contributed by atoms with van der Waals surface area (Å²) in [6.07, 6.45) is 0. The molecule has 28 heavy (non-hydrogen) atoms. The first kappa shape index (κ1) is 19.1. The number of piperazine rings is 1. The van der Waals surface area contributed by atoms with Crippen LogP contribution in [0.5, 0.6) is 0 Å². The highest BCUT2D eigenvalue weighted by atomic mass is 35.5. The van der Waals surface area contributed by atoms with Gasteiger partial charge in [0.15, 0.2) is 5.76 Å². The van der Waals surface area contributed by atoms with Crippen LogP contribution in [0.3, 0.4) is 0 Å². The van der Waals surface area contributed by atoms with Crippen LogP contribution >= 0.6 is 11.6 Å². The molecule has 0 unspecified atom stereocenters. The fourth-order valence-electron chi connectivity index (χ4n) is 3.39. The molecule has 0 radical (unpaired) electrons. The molecule has 0 spiro atoms. The van der Waals surface area contributed by atoms with E-state index in [1.165, 1.54) is 15.3 Å². The van der Waals surface area contributed by atoms with Gasteiger partial charge < -0.3 is 9.42 Å². The number of sulfonamides is 1. The SMILES string of the molecule is O=S(=O)(c1cccc(Cl)c1)N1CC[NH+](Cc2cc(-c3ccccc3)on2)CC1. The Hall–Kier alpha value is -2.19. The molecule has 4 rings (SSSR count). The van der Waals surface area contributed by atoms with E-state index in [0.717, 1.165) is 17.0 Å². The summed E-state index contributed by atoms with van der Waals surface area (Å²) in [5.74, 6) is 0.747. The van der Waals surface area contributed by atoms with Crippen molar-refractivity contribution in [3.05, 3.63) is 71.4 Å². The Morgan fingerprint density at radius 3 is 2.50 bits per heavy atom. The Morgan fingerprint density at radius 1 is 1.04 bits per heavy atom. The average Bonchev–Trinajstić information content (AvgIpc) is 3.18. The molecule has 3 aromatic rings. The highest BCUT2D eigenvalue weighted by Crippen LogP contribution is 2.20. The second-order valence-corrected chi connectivity index (χ2v) is 9.21. The van der Waals surface area contributed by atoms with Crippen LogP contribution in [-0.4, -0.2) is 44.1 Å². The zero-order valence-corrected chi connectivity index (χ0v) is 16.8. The Kier molecular flexibility index (Phi) is 5.50. The van der Waals surface area contributed by atoms with E-state index in [4.69, 9.17) is 16.1 Å². The van der Waals surface area contributed by atoms with Gasteiger partial charge in [0.1, 0.15) is 12.2 Å². The zero-order valence-electron chi connectivity index (χ0n) is 15.2. The molecule has 1 aliphatic heterocycles. The highest BCUT2D eigenvalue weighted by molar-refractivity contribution is 7.89. The topological polar surface area (TPSA) is 67.8 Å². The van der Waals surface area contributed by atoms with E-state index >= 15 is 0 Å². The Balaban J connectivity index is 1.38. The van der Waals surface area contributed by atoms with Crippen molar-refractivity contribution in [1.29, 1.82) is 0 Å². The lowest BCUT2D eigenvalue weighted by molar-refractivity contribution is -0.917. The summed E-state index contributed by atoms with van der Waals surface area (Å²) in [7, 11) is -3.51. The number of halogens is 1. The van der Waals surface area contributed by atoms with E-state index in [0.29, 0.717) is 37.7 Å². The van der Waals surface area contributed by atoms with E-state index in [1.807, 2.05) is 36.4 Å². The highest BCUT2D eigenvalue weighted by Gasteiger charge is 2.30. The molecule has 0 bridgehead atoms. The number of hydrogen-bond donors (Lipinski definition) is 1. The summed E-state index contributed by atoms with van der Waals surface area (Å²) in [6.45, 7) is 3.07. The van der Waals surface area contributed by atoms with Gasteiger partial charge in [-0.1, -0.05) is 53.2 Å². The van der Waals surface area contributed by atoms with Gasteiger partial charge in [0.05, 0.1) is 31.1 Å². The maximum absolute atomic E-state index is 12.8. The predicted octanol–water partition coefficient (Wildman–Crippen LogP) is 2.08. The fourth-order valence-corrected chi connectivity index (χ4v) is 5.13. The molecule has 0 aliphatic carbocycles. The van der Waals surface area contributed by atoms with Gasteiger partial charge in [-0.2, -0.15) is 4.31 Å². The summed E-state index contributed by atoms with van der Waals surface area (Å²) in [6, 6.07) is 18.2. The molecular weight excluding hydrogens is 398 g/mol. The number of aromatic nitrogens is 1. The standard InChI is InChI=1S/C20H20ClN3O3S/c21-17-7-4-8-19(13-17)28(25,26)24-11-9-23(10-12-24)15-18-14-20(27-22-18)16-5-2-1-3-6-16/h1-8,13-14H,9-12,15H2/p+1. The summed E-state index contributed by atoms with van der Waals surface area (Å²) in [4.78, 5) is 1.53. The van der Waals surface area contributed by atoms with Crippen LogP contribution in [0.25, 0.3) is 11.3 Å². The minimum Gasteiger partial charge on any atom is -0.356 e. The molecule has 1 aliphatic rings. The van der Waals surface area contributed by atoms with Crippen molar-refractivity contribution in [3.63, 3.8) is 0 Å². The molecule has 0 saturated carbocycles. The number of hydrogen-bond acceptors (Lipinski definition) is 4. The van der Waals surface area contributed by atoms with Crippen LogP contribution in [0.4, 0.5) is 0 Å². The third-order valence-corrected chi connectivity index (χ3v) is 7.04. The second-order valence-electron chi connectivity index (χ2n) is 6.84. The van der Waals surface area contributed by atoms with Gasteiger partial charge in [-0.25, -0.2) is 8.42 Å². The van der Waals surface area contributed by atoms with Gasteiger partial charge in [0.25, 0.3) is 0 Å². The number of quaternary nitrogens is 1. The van der Waals surface area contributed by atoms with Gasteiger partial charge >= 0.3 is 0 Å². The van der Waals surface area contributed by atoms with Crippen molar-refractivity contribution in [2.45, 2.75) is 11.4 Å². The molecule has 1 fully saturated rings. The van der Waals surface area contributed by atoms with Crippen LogP contribution in [0.15, 0.2) is 70.1 Å². The van der Waals surface area contributed by atoms with E-state index in [1.54, 1.807) is 18.2 Å². The van der Waals surface area contributed by atoms with Crippen molar-refractivity contribution >= 4 is 21.6 Å². The molecule has 1 N–H and O–H groups in total. The van der Waals surface area contributed by atoms with E-state index in [9.17, 15) is 8.42 Å². The molecule has 6 nitrogen and oxygen atoms in total. The van der Waals surface area contributed by atoms with Gasteiger partial charge in [-0.05, 0) is 18.2 Å². The lowest BCUT2D eigenvalue weighted by atomic mass is 10.1. The molecule has 2 aromatic carbocycles. The van der Waals surface area contributed by atoms with E-state index < -0.39 is 10.0 Å². The number of nitrogens with one attached hydrogen (secondary N) is 1. The minimum absolute atomic E-state index is 0.243. The first-order valence-corrected chi connectivity index (χ1v) is 10.9. The van der Waals surface area contributed by atoms with E-state index in [2.05, 4.69) is 5.16 Å². The quantitative estimate of drug-likeness (QED) is 0.689. The van der Waals surface area contributed by atoms with Crippen molar-refractivity contribution in [1.82, 2.24) is 9.46 Å². The third-order valence-electron chi connectivity index (χ3n) is 4.91. The monoisotopic (exact) mass is 418 g/mol. The van der Waals surface area contributed by atoms with Crippen LogP contribution in [-0.2, 0) is 16.6 Å². The van der Waals surface area contributed by atoms with Gasteiger partial charge in [0.2, 0.25) is 10.0 Å². The van der Waals surface area contributed by atoms with Gasteiger partial charge in [-0.15, -0.1) is 0 Å². The van der Waals surface area contributed by atoms with Crippen molar-refractivity contribution in [3.8, 4) is 11.3 Å². The summed E-state index contributed by atoms with van der Waals surface area (Å²) >= 11 is 5.95. The normalized spacial score (nSPS) is 16.3. The Labute approximate surface area is 169 Å².